The highest BCUT2D eigenvalue weighted by Crippen LogP contribution is 2.20. The van der Waals surface area contributed by atoms with Crippen molar-refractivity contribution in [2.75, 3.05) is 6.61 Å². The average molecular weight is 287 g/mol. The number of amides is 1. The van der Waals surface area contributed by atoms with Crippen molar-refractivity contribution in [3.8, 4) is 0 Å². The zero-order chi connectivity index (χ0) is 15.1. The maximum Gasteiger partial charge on any atom is 0.306 e. The number of ether oxygens (including phenoxy) is 1. The Kier molecular flexibility index (Phi) is 5.55. The number of carbonyl (C=O) groups is 2. The minimum Gasteiger partial charge on any atom is -0.456 e. The maximum absolute atomic E-state index is 11.8. The van der Waals surface area contributed by atoms with E-state index in [9.17, 15) is 9.59 Å². The molecule has 0 radical (unpaired) electrons. The SMILES string of the molecule is C[C@H](NC(=O)COC(=O)C[C@@H]1C=CCC1)c1ccccc1. The Morgan fingerprint density at radius 3 is 2.76 bits per heavy atom. The summed E-state index contributed by atoms with van der Waals surface area (Å²) in [4.78, 5) is 23.4. The third kappa shape index (κ3) is 5.06. The summed E-state index contributed by atoms with van der Waals surface area (Å²) >= 11 is 0. The lowest BCUT2D eigenvalue weighted by atomic mass is 10.1. The van der Waals surface area contributed by atoms with Gasteiger partial charge in [-0.2, -0.15) is 0 Å². The van der Waals surface area contributed by atoms with Crippen LogP contribution in [-0.4, -0.2) is 18.5 Å². The van der Waals surface area contributed by atoms with Gasteiger partial charge in [0.15, 0.2) is 6.61 Å². The molecule has 0 heterocycles. The van der Waals surface area contributed by atoms with Crippen LogP contribution in [0, 0.1) is 5.92 Å². The van der Waals surface area contributed by atoms with Gasteiger partial charge in [0.2, 0.25) is 0 Å². The van der Waals surface area contributed by atoms with Crippen molar-refractivity contribution >= 4 is 11.9 Å². The van der Waals surface area contributed by atoms with Crippen molar-refractivity contribution in [3.05, 3.63) is 48.0 Å². The molecule has 1 aromatic rings. The number of rotatable bonds is 6. The van der Waals surface area contributed by atoms with Gasteiger partial charge in [0, 0.05) is 0 Å². The van der Waals surface area contributed by atoms with Crippen LogP contribution in [0.4, 0.5) is 0 Å². The first-order valence-electron chi connectivity index (χ1n) is 7.31. The normalized spacial score (nSPS) is 18.2. The van der Waals surface area contributed by atoms with Gasteiger partial charge in [-0.15, -0.1) is 0 Å². The van der Waals surface area contributed by atoms with Crippen molar-refractivity contribution in [1.82, 2.24) is 5.32 Å². The van der Waals surface area contributed by atoms with Gasteiger partial charge >= 0.3 is 5.97 Å². The molecule has 1 aliphatic rings. The summed E-state index contributed by atoms with van der Waals surface area (Å²) in [5, 5.41) is 2.82. The summed E-state index contributed by atoms with van der Waals surface area (Å²) in [7, 11) is 0. The highest BCUT2D eigenvalue weighted by atomic mass is 16.5. The molecule has 21 heavy (non-hydrogen) atoms. The third-order valence-electron chi connectivity index (χ3n) is 3.58. The van der Waals surface area contributed by atoms with Gasteiger partial charge in [0.25, 0.3) is 5.91 Å². The van der Waals surface area contributed by atoms with Crippen molar-refractivity contribution in [2.45, 2.75) is 32.2 Å². The van der Waals surface area contributed by atoms with Crippen molar-refractivity contribution < 1.29 is 14.3 Å². The van der Waals surface area contributed by atoms with Gasteiger partial charge in [-0.05, 0) is 31.2 Å². The molecule has 112 valence electrons. The van der Waals surface area contributed by atoms with E-state index in [1.54, 1.807) is 0 Å². The lowest BCUT2D eigenvalue weighted by molar-refractivity contribution is -0.149. The highest BCUT2D eigenvalue weighted by molar-refractivity contribution is 5.80. The maximum atomic E-state index is 11.8. The molecule has 0 aromatic heterocycles. The van der Waals surface area contributed by atoms with Gasteiger partial charge in [-0.25, -0.2) is 0 Å². The number of allylic oxidation sites excluding steroid dienone is 2. The van der Waals surface area contributed by atoms with E-state index in [0.29, 0.717) is 6.42 Å². The molecule has 0 saturated carbocycles. The lowest BCUT2D eigenvalue weighted by Gasteiger charge is -2.14. The van der Waals surface area contributed by atoms with Gasteiger partial charge < -0.3 is 10.1 Å². The van der Waals surface area contributed by atoms with E-state index in [2.05, 4.69) is 11.4 Å². The fourth-order valence-electron chi connectivity index (χ4n) is 2.39. The van der Waals surface area contributed by atoms with Crippen LogP contribution in [-0.2, 0) is 14.3 Å². The second-order valence-corrected chi connectivity index (χ2v) is 5.33. The standard InChI is InChI=1S/C17H21NO3/c1-13(15-9-3-2-4-10-15)18-16(19)12-21-17(20)11-14-7-5-6-8-14/h2-5,7,9-10,13-14H,6,8,11-12H2,1H3,(H,18,19)/t13-,14+/m0/s1. The number of hydrogen-bond donors (Lipinski definition) is 1. The summed E-state index contributed by atoms with van der Waals surface area (Å²) in [6, 6.07) is 9.57. The summed E-state index contributed by atoms with van der Waals surface area (Å²) < 4.78 is 5.02. The highest BCUT2D eigenvalue weighted by Gasteiger charge is 2.16. The van der Waals surface area contributed by atoms with E-state index in [4.69, 9.17) is 4.74 Å². The van der Waals surface area contributed by atoms with Gasteiger partial charge in [-0.3, -0.25) is 9.59 Å². The number of nitrogens with one attached hydrogen (secondary N) is 1. The molecule has 1 aromatic carbocycles. The molecule has 2 atom stereocenters. The third-order valence-corrected chi connectivity index (χ3v) is 3.58. The molecule has 1 amide bonds. The predicted octanol–water partition coefficient (Wildman–Crippen LogP) is 2.76. The van der Waals surface area contributed by atoms with E-state index >= 15 is 0 Å². The number of esters is 1. The molecule has 0 aliphatic heterocycles. The van der Waals surface area contributed by atoms with E-state index < -0.39 is 0 Å². The minimum atomic E-state index is -0.311. The van der Waals surface area contributed by atoms with Crippen molar-refractivity contribution in [3.63, 3.8) is 0 Å². The van der Waals surface area contributed by atoms with E-state index in [1.807, 2.05) is 43.3 Å². The quantitative estimate of drug-likeness (QED) is 0.646. The molecule has 1 N–H and O–H groups in total. The van der Waals surface area contributed by atoms with Crippen LogP contribution in [0.1, 0.15) is 37.8 Å². The first kappa shape index (κ1) is 15.3. The zero-order valence-electron chi connectivity index (χ0n) is 12.2. The van der Waals surface area contributed by atoms with Crippen LogP contribution in [0.2, 0.25) is 0 Å². The first-order chi connectivity index (χ1) is 10.1. The van der Waals surface area contributed by atoms with Crippen molar-refractivity contribution in [2.24, 2.45) is 5.92 Å². The summed E-state index contributed by atoms with van der Waals surface area (Å²) in [6.45, 7) is 1.69. The molecule has 1 aliphatic carbocycles. The Bertz CT molecular complexity index is 510. The van der Waals surface area contributed by atoms with Gasteiger partial charge in [-0.1, -0.05) is 42.5 Å². The molecule has 0 unspecified atom stereocenters. The Hall–Kier alpha value is -2.10. The molecular formula is C17H21NO3. The Labute approximate surface area is 125 Å². The topological polar surface area (TPSA) is 55.4 Å². The number of carbonyl (C=O) groups excluding carboxylic acids is 2. The predicted molar refractivity (Wildman–Crippen MR) is 80.4 cm³/mol. The Morgan fingerprint density at radius 1 is 1.33 bits per heavy atom. The average Bonchev–Trinajstić information content (AvgIpc) is 2.99. The minimum absolute atomic E-state index is 0.102. The molecule has 0 bridgehead atoms. The fourth-order valence-corrected chi connectivity index (χ4v) is 2.39. The second kappa shape index (κ2) is 7.62. The number of benzene rings is 1. The van der Waals surface area contributed by atoms with Gasteiger partial charge in [0.1, 0.15) is 0 Å². The smallest absolute Gasteiger partial charge is 0.306 e. The monoisotopic (exact) mass is 287 g/mol. The zero-order valence-corrected chi connectivity index (χ0v) is 12.2. The Balaban J connectivity index is 1.69. The van der Waals surface area contributed by atoms with Crippen LogP contribution in [0.25, 0.3) is 0 Å². The largest absolute Gasteiger partial charge is 0.456 e. The van der Waals surface area contributed by atoms with E-state index in [0.717, 1.165) is 18.4 Å². The van der Waals surface area contributed by atoms with Crippen LogP contribution < -0.4 is 5.32 Å². The lowest BCUT2D eigenvalue weighted by Crippen LogP contribution is -2.31. The molecule has 4 nitrogen and oxygen atoms in total. The second-order valence-electron chi connectivity index (χ2n) is 5.33. The number of hydrogen-bond acceptors (Lipinski definition) is 3. The van der Waals surface area contributed by atoms with Crippen molar-refractivity contribution in [1.29, 1.82) is 0 Å². The molecule has 0 spiro atoms. The fraction of sp³-hybridized carbons (Fsp3) is 0.412. The van der Waals surface area contributed by atoms with E-state index in [-0.39, 0.29) is 30.4 Å². The van der Waals surface area contributed by atoms with E-state index in [1.165, 1.54) is 0 Å². The van der Waals surface area contributed by atoms with Crippen LogP contribution in [0.5, 0.6) is 0 Å². The Morgan fingerprint density at radius 2 is 2.10 bits per heavy atom. The molecule has 0 saturated heterocycles. The molecule has 4 heteroatoms. The summed E-state index contributed by atoms with van der Waals surface area (Å²) in [6.07, 6.45) is 6.49. The van der Waals surface area contributed by atoms with Crippen LogP contribution in [0.15, 0.2) is 42.5 Å². The van der Waals surface area contributed by atoms with Gasteiger partial charge in [0.05, 0.1) is 12.5 Å². The molecule has 2 rings (SSSR count). The van der Waals surface area contributed by atoms with Crippen LogP contribution >= 0.6 is 0 Å². The molecule has 0 fully saturated rings. The molecular weight excluding hydrogens is 266 g/mol. The summed E-state index contributed by atoms with van der Waals surface area (Å²) in [5.74, 6) is -0.320. The summed E-state index contributed by atoms with van der Waals surface area (Å²) in [5.41, 5.74) is 1.02. The first-order valence-corrected chi connectivity index (χ1v) is 7.31. The van der Waals surface area contributed by atoms with Crippen LogP contribution in [0.3, 0.4) is 0 Å².